The second-order valence-electron chi connectivity index (χ2n) is 7.35. The first-order valence-electron chi connectivity index (χ1n) is 10.2. The fourth-order valence-corrected chi connectivity index (χ4v) is 3.42. The van der Waals surface area contributed by atoms with E-state index in [2.05, 4.69) is 0 Å². The zero-order valence-electron chi connectivity index (χ0n) is 17.6. The molecule has 31 heavy (non-hydrogen) atoms. The van der Waals surface area contributed by atoms with Crippen molar-refractivity contribution in [1.82, 2.24) is 9.80 Å². The lowest BCUT2D eigenvalue weighted by Gasteiger charge is -2.25. The third kappa shape index (κ3) is 5.97. The summed E-state index contributed by atoms with van der Waals surface area (Å²) in [5.41, 5.74) is 0.433. The molecule has 1 aliphatic heterocycles. The van der Waals surface area contributed by atoms with Crippen LogP contribution in [0.15, 0.2) is 48.5 Å². The van der Waals surface area contributed by atoms with Gasteiger partial charge in [-0.25, -0.2) is 0 Å². The second kappa shape index (κ2) is 9.97. The van der Waals surface area contributed by atoms with E-state index >= 15 is 0 Å². The minimum Gasteiger partial charge on any atom is -0.508 e. The zero-order valence-corrected chi connectivity index (χ0v) is 17.6. The number of ether oxygens (including phenoxy) is 2. The number of amides is 2. The second-order valence-corrected chi connectivity index (χ2v) is 7.35. The number of aromatic hydroxyl groups is 1. The number of hydrogen-bond donors (Lipinski definition) is 1. The fourth-order valence-electron chi connectivity index (χ4n) is 3.42. The highest BCUT2D eigenvalue weighted by Gasteiger charge is 2.26. The number of phenols is 1. The van der Waals surface area contributed by atoms with Crippen LogP contribution in [0.5, 0.6) is 17.2 Å². The van der Waals surface area contributed by atoms with Crippen LogP contribution in [0.25, 0.3) is 0 Å². The van der Waals surface area contributed by atoms with Gasteiger partial charge < -0.3 is 24.4 Å². The number of carbonyl (C=O) groups is 3. The average Bonchev–Trinajstić information content (AvgIpc) is 3.00. The minimum absolute atomic E-state index is 0.127. The first-order chi connectivity index (χ1) is 14.8. The largest absolute Gasteiger partial charge is 0.508 e. The smallest absolute Gasteiger partial charge is 0.308 e. The Balaban J connectivity index is 1.59. The lowest BCUT2D eigenvalue weighted by molar-refractivity contribution is -0.137. The summed E-state index contributed by atoms with van der Waals surface area (Å²) in [5, 5.41) is 9.36. The molecule has 1 aliphatic rings. The average molecular weight is 426 g/mol. The molecule has 0 bridgehead atoms. The van der Waals surface area contributed by atoms with Crippen molar-refractivity contribution < 1.29 is 29.0 Å². The number of phenolic OH excluding ortho intramolecular Hbond substituents is 1. The molecule has 1 N–H and O–H groups in total. The maximum Gasteiger partial charge on any atom is 0.308 e. The van der Waals surface area contributed by atoms with E-state index in [4.69, 9.17) is 9.47 Å². The number of hydrogen-bond acceptors (Lipinski definition) is 6. The SMILES string of the molecule is CC(=O)Oc1cccc(C(=O)N2CCCN(C(=O)C(C)Oc3ccc(O)cc3)CC2)c1. The predicted octanol–water partition coefficient (Wildman–Crippen LogP) is 2.46. The number of nitrogens with zero attached hydrogens (tertiary/aromatic N) is 2. The van der Waals surface area contributed by atoms with Gasteiger partial charge in [-0.2, -0.15) is 0 Å². The van der Waals surface area contributed by atoms with Gasteiger partial charge in [0, 0.05) is 38.7 Å². The quantitative estimate of drug-likeness (QED) is 0.583. The molecule has 1 fully saturated rings. The van der Waals surface area contributed by atoms with Crippen molar-refractivity contribution in [2.24, 2.45) is 0 Å². The molecule has 2 aromatic carbocycles. The van der Waals surface area contributed by atoms with Gasteiger partial charge in [-0.3, -0.25) is 14.4 Å². The van der Waals surface area contributed by atoms with Gasteiger partial charge in [0.15, 0.2) is 6.10 Å². The Labute approximate surface area is 181 Å². The molecule has 3 rings (SSSR count). The molecule has 164 valence electrons. The van der Waals surface area contributed by atoms with Crippen molar-refractivity contribution in [1.29, 1.82) is 0 Å². The maximum atomic E-state index is 12.9. The van der Waals surface area contributed by atoms with Gasteiger partial charge in [0.05, 0.1) is 0 Å². The van der Waals surface area contributed by atoms with Crippen LogP contribution in [0.4, 0.5) is 0 Å². The molecule has 1 heterocycles. The van der Waals surface area contributed by atoms with Crippen LogP contribution >= 0.6 is 0 Å². The summed E-state index contributed by atoms with van der Waals surface area (Å²) < 4.78 is 10.7. The molecule has 8 nitrogen and oxygen atoms in total. The molecule has 0 saturated carbocycles. The van der Waals surface area contributed by atoms with Crippen molar-refractivity contribution in [2.75, 3.05) is 26.2 Å². The normalized spacial score (nSPS) is 15.0. The van der Waals surface area contributed by atoms with Crippen molar-refractivity contribution in [3.8, 4) is 17.2 Å². The van der Waals surface area contributed by atoms with Crippen molar-refractivity contribution >= 4 is 17.8 Å². The standard InChI is InChI=1S/C23H26N2O6/c1-16(30-20-9-7-19(27)8-10-20)22(28)24-11-4-12-25(14-13-24)23(29)18-5-3-6-21(15-18)31-17(2)26/h3,5-10,15-16,27H,4,11-14H2,1-2H3. The lowest BCUT2D eigenvalue weighted by Crippen LogP contribution is -2.43. The van der Waals surface area contributed by atoms with Crippen LogP contribution in [-0.4, -0.2) is 65.0 Å². The van der Waals surface area contributed by atoms with Crippen molar-refractivity contribution in [3.05, 3.63) is 54.1 Å². The molecule has 0 spiro atoms. The van der Waals surface area contributed by atoms with Gasteiger partial charge in [-0.1, -0.05) is 6.07 Å². The van der Waals surface area contributed by atoms with Gasteiger partial charge in [-0.05, 0) is 55.8 Å². The molecule has 0 radical (unpaired) electrons. The molecule has 0 aliphatic carbocycles. The highest BCUT2D eigenvalue weighted by atomic mass is 16.5. The fraction of sp³-hybridized carbons (Fsp3) is 0.348. The van der Waals surface area contributed by atoms with E-state index in [1.807, 2.05) is 0 Å². The summed E-state index contributed by atoms with van der Waals surface area (Å²) in [6, 6.07) is 12.7. The molecule has 2 amide bonds. The van der Waals surface area contributed by atoms with E-state index in [0.29, 0.717) is 49.7 Å². The summed E-state index contributed by atoms with van der Waals surface area (Å²) in [6.45, 7) is 4.84. The van der Waals surface area contributed by atoms with Crippen molar-refractivity contribution in [3.63, 3.8) is 0 Å². The van der Waals surface area contributed by atoms with Crippen LogP contribution < -0.4 is 9.47 Å². The predicted molar refractivity (Wildman–Crippen MR) is 113 cm³/mol. The lowest BCUT2D eigenvalue weighted by atomic mass is 10.2. The van der Waals surface area contributed by atoms with Crippen LogP contribution in [0.3, 0.4) is 0 Å². The van der Waals surface area contributed by atoms with E-state index < -0.39 is 12.1 Å². The molecule has 2 aromatic rings. The highest BCUT2D eigenvalue weighted by Crippen LogP contribution is 2.19. The third-order valence-corrected chi connectivity index (χ3v) is 4.93. The third-order valence-electron chi connectivity index (χ3n) is 4.93. The number of rotatable bonds is 5. The zero-order chi connectivity index (χ0) is 22.4. The van der Waals surface area contributed by atoms with Gasteiger partial charge in [0.25, 0.3) is 11.8 Å². The van der Waals surface area contributed by atoms with Crippen LogP contribution in [0.2, 0.25) is 0 Å². The van der Waals surface area contributed by atoms with Gasteiger partial charge in [-0.15, -0.1) is 0 Å². The number of carbonyl (C=O) groups excluding carboxylic acids is 3. The van der Waals surface area contributed by atoms with Crippen LogP contribution in [0, 0.1) is 0 Å². The molecule has 0 aromatic heterocycles. The molecular weight excluding hydrogens is 400 g/mol. The first kappa shape index (κ1) is 22.1. The Morgan fingerprint density at radius 2 is 1.61 bits per heavy atom. The number of esters is 1. The van der Waals surface area contributed by atoms with E-state index in [-0.39, 0.29) is 17.6 Å². The Hall–Kier alpha value is -3.55. The summed E-state index contributed by atoms with van der Waals surface area (Å²) in [6.07, 6.45) is -0.0419. The van der Waals surface area contributed by atoms with Crippen LogP contribution in [0.1, 0.15) is 30.6 Å². The van der Waals surface area contributed by atoms with Gasteiger partial charge in [0.1, 0.15) is 17.2 Å². The Morgan fingerprint density at radius 3 is 2.32 bits per heavy atom. The Morgan fingerprint density at radius 1 is 0.935 bits per heavy atom. The van der Waals surface area contributed by atoms with E-state index in [1.165, 1.54) is 19.1 Å². The van der Waals surface area contributed by atoms with E-state index in [0.717, 1.165) is 0 Å². The van der Waals surface area contributed by atoms with Gasteiger partial charge >= 0.3 is 5.97 Å². The minimum atomic E-state index is -0.688. The van der Waals surface area contributed by atoms with E-state index in [1.54, 1.807) is 53.1 Å². The number of benzene rings is 2. The molecule has 8 heteroatoms. The Bertz CT molecular complexity index is 943. The maximum absolute atomic E-state index is 12.9. The summed E-state index contributed by atoms with van der Waals surface area (Å²) in [5.74, 6) is 0.179. The summed E-state index contributed by atoms with van der Waals surface area (Å²) in [4.78, 5) is 40.3. The topological polar surface area (TPSA) is 96.4 Å². The molecule has 1 unspecified atom stereocenters. The van der Waals surface area contributed by atoms with E-state index in [9.17, 15) is 19.5 Å². The van der Waals surface area contributed by atoms with Crippen LogP contribution in [-0.2, 0) is 9.59 Å². The summed E-state index contributed by atoms with van der Waals surface area (Å²) in [7, 11) is 0. The van der Waals surface area contributed by atoms with Crippen molar-refractivity contribution in [2.45, 2.75) is 26.4 Å². The highest BCUT2D eigenvalue weighted by molar-refractivity contribution is 5.95. The Kier molecular flexibility index (Phi) is 7.12. The first-order valence-corrected chi connectivity index (χ1v) is 10.2. The molecule has 1 saturated heterocycles. The monoisotopic (exact) mass is 426 g/mol. The van der Waals surface area contributed by atoms with Gasteiger partial charge in [0.2, 0.25) is 0 Å². The molecule has 1 atom stereocenters. The summed E-state index contributed by atoms with van der Waals surface area (Å²) >= 11 is 0. The molecular formula is C23H26N2O6.